The van der Waals surface area contributed by atoms with Crippen LogP contribution in [0.15, 0.2) is 57.9 Å². The Morgan fingerprint density at radius 1 is 1.14 bits per heavy atom. The molecule has 5 nitrogen and oxygen atoms in total. The van der Waals surface area contributed by atoms with Gasteiger partial charge in [-0.05, 0) is 68.4 Å². The van der Waals surface area contributed by atoms with E-state index < -0.39 is 10.0 Å². The third-order valence-corrected chi connectivity index (χ3v) is 8.36. The number of rotatable bonds is 6. The van der Waals surface area contributed by atoms with Crippen LogP contribution in [-0.2, 0) is 14.8 Å². The number of carbonyl (C=O) groups is 1. The number of halogens is 1. The minimum absolute atomic E-state index is 0.174. The van der Waals surface area contributed by atoms with Gasteiger partial charge in [0, 0.05) is 10.5 Å². The van der Waals surface area contributed by atoms with Crippen molar-refractivity contribution >= 4 is 37.5 Å². The maximum atomic E-state index is 13.4. The van der Waals surface area contributed by atoms with Crippen molar-refractivity contribution in [3.8, 4) is 0 Å². The molecule has 2 fully saturated rings. The van der Waals surface area contributed by atoms with Crippen LogP contribution in [0.4, 0.5) is 5.69 Å². The zero-order valence-electron chi connectivity index (χ0n) is 16.3. The largest absolute Gasteiger partial charge is 0.352 e. The van der Waals surface area contributed by atoms with Crippen LogP contribution in [0.2, 0.25) is 0 Å². The molecule has 7 heteroatoms. The normalized spacial score (nSPS) is 23.2. The van der Waals surface area contributed by atoms with Crippen LogP contribution in [0.3, 0.4) is 0 Å². The molecule has 0 aliphatic heterocycles. The summed E-state index contributed by atoms with van der Waals surface area (Å²) in [6, 6.07) is 13.9. The van der Waals surface area contributed by atoms with Crippen LogP contribution in [-0.4, -0.2) is 26.9 Å². The molecular weight excluding hydrogens is 452 g/mol. The summed E-state index contributed by atoms with van der Waals surface area (Å²) >= 11 is 3.40. The zero-order valence-corrected chi connectivity index (χ0v) is 18.7. The van der Waals surface area contributed by atoms with E-state index in [-0.39, 0.29) is 23.4 Å². The van der Waals surface area contributed by atoms with Crippen LogP contribution in [0.5, 0.6) is 0 Å². The lowest BCUT2D eigenvalue weighted by Crippen LogP contribution is -2.46. The Labute approximate surface area is 180 Å². The Bertz CT molecular complexity index is 1010. The predicted molar refractivity (Wildman–Crippen MR) is 117 cm³/mol. The number of carbonyl (C=O) groups excluding carboxylic acids is 1. The molecule has 2 aliphatic carbocycles. The van der Waals surface area contributed by atoms with Gasteiger partial charge < -0.3 is 5.32 Å². The molecule has 0 aromatic heterocycles. The first kappa shape index (κ1) is 20.4. The first-order valence-electron chi connectivity index (χ1n) is 9.97. The summed E-state index contributed by atoms with van der Waals surface area (Å²) in [5, 5.41) is 3.10. The number of benzene rings is 2. The van der Waals surface area contributed by atoms with Crippen LogP contribution in [0.25, 0.3) is 0 Å². The maximum Gasteiger partial charge on any atom is 0.264 e. The van der Waals surface area contributed by atoms with Gasteiger partial charge in [0.1, 0.15) is 6.54 Å². The summed E-state index contributed by atoms with van der Waals surface area (Å²) < 4.78 is 28.7. The number of aryl methyl sites for hydroxylation is 1. The summed E-state index contributed by atoms with van der Waals surface area (Å²) in [6.45, 7) is 1.67. The van der Waals surface area contributed by atoms with Crippen LogP contribution in [0.1, 0.15) is 31.2 Å². The highest BCUT2D eigenvalue weighted by molar-refractivity contribution is 9.10. The number of nitrogens with zero attached hydrogens (tertiary/aromatic N) is 1. The van der Waals surface area contributed by atoms with Crippen LogP contribution >= 0.6 is 15.9 Å². The average Bonchev–Trinajstić information content (AvgIpc) is 3.29. The monoisotopic (exact) mass is 476 g/mol. The van der Waals surface area contributed by atoms with Crippen molar-refractivity contribution in [2.45, 2.75) is 43.5 Å². The predicted octanol–water partition coefficient (Wildman–Crippen LogP) is 4.26. The molecule has 4 rings (SSSR count). The van der Waals surface area contributed by atoms with E-state index >= 15 is 0 Å². The molecule has 0 radical (unpaired) electrons. The summed E-state index contributed by atoms with van der Waals surface area (Å²) in [7, 11) is -3.87. The average molecular weight is 477 g/mol. The molecule has 0 saturated heterocycles. The lowest BCUT2D eigenvalue weighted by atomic mass is 9.95. The first-order valence-corrected chi connectivity index (χ1v) is 12.2. The highest BCUT2D eigenvalue weighted by Crippen LogP contribution is 2.44. The van der Waals surface area contributed by atoms with Crippen LogP contribution < -0.4 is 9.62 Å². The zero-order chi connectivity index (χ0) is 20.6. The van der Waals surface area contributed by atoms with Crippen molar-refractivity contribution in [3.05, 3.63) is 58.6 Å². The highest BCUT2D eigenvalue weighted by Gasteiger charge is 2.40. The van der Waals surface area contributed by atoms with E-state index in [1.807, 2.05) is 13.0 Å². The quantitative estimate of drug-likeness (QED) is 0.677. The van der Waals surface area contributed by atoms with Gasteiger partial charge in [-0.15, -0.1) is 0 Å². The van der Waals surface area contributed by atoms with Gasteiger partial charge in [-0.25, -0.2) is 8.42 Å². The molecule has 154 valence electrons. The Morgan fingerprint density at radius 2 is 1.90 bits per heavy atom. The van der Waals surface area contributed by atoms with Gasteiger partial charge in [-0.3, -0.25) is 9.10 Å². The number of hydrogen-bond donors (Lipinski definition) is 1. The van der Waals surface area contributed by atoms with E-state index in [2.05, 4.69) is 21.2 Å². The Balaban J connectivity index is 1.60. The standard InChI is InChI=1S/C22H25BrN2O3S/c1-15-5-9-20(10-6-15)29(27,28)25(19-4-2-3-18(23)13-19)14-22(26)24-21-12-16-7-8-17(21)11-16/h2-6,9-10,13,16-17,21H,7-8,11-12,14H2,1H3,(H,24,26)/t16-,17-,21+/m1/s1. The van der Waals surface area contributed by atoms with E-state index in [1.165, 1.54) is 17.1 Å². The van der Waals surface area contributed by atoms with Gasteiger partial charge in [0.15, 0.2) is 0 Å². The second-order valence-corrected chi connectivity index (χ2v) is 10.9. The molecule has 29 heavy (non-hydrogen) atoms. The van der Waals surface area contributed by atoms with Gasteiger partial charge in [0.2, 0.25) is 5.91 Å². The number of hydrogen-bond acceptors (Lipinski definition) is 3. The highest BCUT2D eigenvalue weighted by atomic mass is 79.9. The van der Waals surface area contributed by atoms with Gasteiger partial charge in [0.25, 0.3) is 10.0 Å². The smallest absolute Gasteiger partial charge is 0.264 e. The SMILES string of the molecule is Cc1ccc(S(=O)(=O)N(CC(=O)N[C@H]2C[C@@H]3CC[C@@H]2C3)c2cccc(Br)c2)cc1. The lowest BCUT2D eigenvalue weighted by Gasteiger charge is -2.27. The number of amides is 1. The van der Waals surface area contributed by atoms with Crippen molar-refractivity contribution in [3.63, 3.8) is 0 Å². The van der Waals surface area contributed by atoms with Gasteiger partial charge in [-0.1, -0.05) is 46.1 Å². The molecule has 1 amide bonds. The fourth-order valence-corrected chi connectivity index (χ4v) is 6.39. The summed E-state index contributed by atoms with van der Waals surface area (Å²) in [5.41, 5.74) is 1.44. The fraction of sp³-hybridized carbons (Fsp3) is 0.409. The second-order valence-electron chi connectivity index (χ2n) is 8.15. The van der Waals surface area contributed by atoms with Crippen molar-refractivity contribution in [2.24, 2.45) is 11.8 Å². The minimum Gasteiger partial charge on any atom is -0.352 e. The molecule has 0 heterocycles. The molecule has 2 saturated carbocycles. The third kappa shape index (κ3) is 4.36. The fourth-order valence-electron chi connectivity index (χ4n) is 4.59. The Kier molecular flexibility index (Phi) is 5.71. The second kappa shape index (κ2) is 8.11. The van der Waals surface area contributed by atoms with Gasteiger partial charge in [-0.2, -0.15) is 0 Å². The summed E-state index contributed by atoms with van der Waals surface area (Å²) in [6.07, 6.45) is 4.61. The minimum atomic E-state index is -3.87. The van der Waals surface area contributed by atoms with E-state index in [0.717, 1.165) is 22.9 Å². The molecule has 0 spiro atoms. The van der Waals surface area contributed by atoms with Crippen molar-refractivity contribution in [1.82, 2.24) is 5.32 Å². The molecule has 2 aromatic rings. The van der Waals surface area contributed by atoms with E-state index in [0.29, 0.717) is 17.5 Å². The summed E-state index contributed by atoms with van der Waals surface area (Å²) in [4.78, 5) is 13.0. The van der Waals surface area contributed by atoms with E-state index in [9.17, 15) is 13.2 Å². The first-order chi connectivity index (χ1) is 13.8. The van der Waals surface area contributed by atoms with Crippen molar-refractivity contribution < 1.29 is 13.2 Å². The van der Waals surface area contributed by atoms with Crippen LogP contribution in [0, 0.1) is 18.8 Å². The third-order valence-electron chi connectivity index (χ3n) is 6.08. The van der Waals surface area contributed by atoms with Gasteiger partial charge >= 0.3 is 0 Å². The Hall–Kier alpha value is -1.86. The molecule has 0 unspecified atom stereocenters. The molecule has 3 atom stereocenters. The van der Waals surface area contributed by atoms with E-state index in [1.54, 1.807) is 42.5 Å². The molecule has 2 bridgehead atoms. The number of anilines is 1. The topological polar surface area (TPSA) is 66.5 Å². The maximum absolute atomic E-state index is 13.4. The Morgan fingerprint density at radius 3 is 2.52 bits per heavy atom. The molecular formula is C22H25BrN2O3S. The number of nitrogens with one attached hydrogen (secondary N) is 1. The van der Waals surface area contributed by atoms with Crippen molar-refractivity contribution in [2.75, 3.05) is 10.8 Å². The van der Waals surface area contributed by atoms with Crippen molar-refractivity contribution in [1.29, 1.82) is 0 Å². The molecule has 2 aliphatic rings. The number of fused-ring (bicyclic) bond motifs is 2. The number of sulfonamides is 1. The molecule has 1 N–H and O–H groups in total. The summed E-state index contributed by atoms with van der Waals surface area (Å²) in [5.74, 6) is 0.998. The van der Waals surface area contributed by atoms with E-state index in [4.69, 9.17) is 0 Å². The van der Waals surface area contributed by atoms with Gasteiger partial charge in [0.05, 0.1) is 10.6 Å². The lowest BCUT2D eigenvalue weighted by molar-refractivity contribution is -0.120. The molecule has 2 aromatic carbocycles.